The average Bonchev–Trinajstić information content (AvgIpc) is 3.14. The molecule has 0 aliphatic carbocycles. The summed E-state index contributed by atoms with van der Waals surface area (Å²) in [5.41, 5.74) is 2.59. The van der Waals surface area contributed by atoms with Crippen LogP contribution in [0, 0.1) is 0 Å². The van der Waals surface area contributed by atoms with E-state index in [0.717, 1.165) is 29.4 Å². The first-order valence-electron chi connectivity index (χ1n) is 12.1. The molecule has 4 rings (SSSR count). The van der Waals surface area contributed by atoms with E-state index in [-0.39, 0.29) is 18.2 Å². The molecule has 0 unspecified atom stereocenters. The van der Waals surface area contributed by atoms with Gasteiger partial charge in [0.05, 0.1) is 17.1 Å². The quantitative estimate of drug-likeness (QED) is 0.483. The predicted molar refractivity (Wildman–Crippen MR) is 137 cm³/mol. The molecule has 8 heteroatoms. The van der Waals surface area contributed by atoms with Gasteiger partial charge in [0.2, 0.25) is 0 Å². The third-order valence-electron chi connectivity index (χ3n) is 6.63. The number of nitrogens with zero attached hydrogens (tertiary/aromatic N) is 3. The highest BCUT2D eigenvalue weighted by atomic mass is 32.2. The lowest BCUT2D eigenvalue weighted by Crippen LogP contribution is -2.51. The van der Waals surface area contributed by atoms with E-state index in [9.17, 15) is 13.2 Å². The normalized spacial score (nSPS) is 21.3. The fourth-order valence-electron chi connectivity index (χ4n) is 5.02. The highest BCUT2D eigenvalue weighted by molar-refractivity contribution is 7.90. The van der Waals surface area contributed by atoms with E-state index in [1.54, 1.807) is 12.1 Å². The fraction of sp³-hybridized carbons (Fsp3) is 0.481. The number of carbonyl (C=O) groups is 1. The van der Waals surface area contributed by atoms with Crippen LogP contribution in [0.2, 0.25) is 0 Å². The van der Waals surface area contributed by atoms with Crippen LogP contribution in [0.15, 0.2) is 53.7 Å². The summed E-state index contributed by atoms with van der Waals surface area (Å²) in [4.78, 5) is 19.6. The maximum absolute atomic E-state index is 12.7. The molecule has 1 aliphatic heterocycles. The van der Waals surface area contributed by atoms with Crippen LogP contribution >= 0.6 is 0 Å². The van der Waals surface area contributed by atoms with Crippen LogP contribution in [-0.4, -0.2) is 52.9 Å². The summed E-state index contributed by atoms with van der Waals surface area (Å²) in [5.74, 6) is 0.335. The van der Waals surface area contributed by atoms with Gasteiger partial charge < -0.3 is 14.2 Å². The Bertz CT molecular complexity index is 1310. The van der Waals surface area contributed by atoms with Gasteiger partial charge >= 0.3 is 6.09 Å². The average molecular weight is 498 g/mol. The van der Waals surface area contributed by atoms with Gasteiger partial charge in [-0.15, -0.1) is 0 Å². The summed E-state index contributed by atoms with van der Waals surface area (Å²) in [6.45, 7) is 10.4. The summed E-state index contributed by atoms with van der Waals surface area (Å²) >= 11 is 0. The number of carbonyl (C=O) groups excluding carboxylic acids is 1. The molecule has 0 spiro atoms. The van der Waals surface area contributed by atoms with E-state index in [4.69, 9.17) is 9.72 Å². The zero-order valence-electron chi connectivity index (χ0n) is 21.4. The van der Waals surface area contributed by atoms with Gasteiger partial charge in [-0.3, -0.25) is 4.98 Å². The van der Waals surface area contributed by atoms with Crippen LogP contribution in [0.25, 0.3) is 10.9 Å². The third kappa shape index (κ3) is 5.69. The molecule has 1 amide bonds. The molecular formula is C27H35N3O4S. The maximum Gasteiger partial charge on any atom is 0.410 e. The second kappa shape index (κ2) is 9.30. The van der Waals surface area contributed by atoms with Gasteiger partial charge in [0.1, 0.15) is 5.60 Å². The second-order valence-corrected chi connectivity index (χ2v) is 12.8. The molecular weight excluding hydrogens is 462 g/mol. The number of rotatable bonds is 4. The van der Waals surface area contributed by atoms with Crippen LogP contribution in [-0.2, 0) is 21.1 Å². The molecule has 2 aromatic heterocycles. The Morgan fingerprint density at radius 2 is 1.77 bits per heavy atom. The van der Waals surface area contributed by atoms with Crippen molar-refractivity contribution in [3.05, 3.63) is 60.0 Å². The van der Waals surface area contributed by atoms with E-state index >= 15 is 0 Å². The summed E-state index contributed by atoms with van der Waals surface area (Å²) in [6.07, 6.45) is 6.63. The van der Waals surface area contributed by atoms with Gasteiger partial charge in [-0.25, -0.2) is 13.2 Å². The number of hydrogen-bond acceptors (Lipinski definition) is 5. The molecule has 188 valence electrons. The molecule has 1 aromatic carbocycles. The molecule has 7 nitrogen and oxygen atoms in total. The molecule has 0 radical (unpaired) electrons. The maximum atomic E-state index is 12.7. The minimum atomic E-state index is -3.23. The van der Waals surface area contributed by atoms with Gasteiger partial charge in [-0.1, -0.05) is 6.07 Å². The number of amides is 1. The zero-order valence-corrected chi connectivity index (χ0v) is 22.2. The minimum Gasteiger partial charge on any atom is -0.444 e. The molecule has 0 bridgehead atoms. The highest BCUT2D eigenvalue weighted by Crippen LogP contribution is 2.35. The largest absolute Gasteiger partial charge is 0.444 e. The lowest BCUT2D eigenvalue weighted by Gasteiger charge is -2.43. The van der Waals surface area contributed by atoms with Gasteiger partial charge in [-0.2, -0.15) is 0 Å². The lowest BCUT2D eigenvalue weighted by atomic mass is 9.83. The first-order chi connectivity index (χ1) is 16.3. The predicted octanol–water partition coefficient (Wildman–Crippen LogP) is 5.38. The fourth-order valence-corrected chi connectivity index (χ4v) is 5.68. The van der Waals surface area contributed by atoms with Crippen LogP contribution in [0.4, 0.5) is 4.79 Å². The van der Waals surface area contributed by atoms with Gasteiger partial charge in [0.15, 0.2) is 9.84 Å². The van der Waals surface area contributed by atoms with Crippen molar-refractivity contribution in [2.24, 2.45) is 0 Å². The Labute approximate surface area is 208 Å². The minimum absolute atomic E-state index is 0.0846. The van der Waals surface area contributed by atoms with Crippen molar-refractivity contribution >= 4 is 26.8 Å². The van der Waals surface area contributed by atoms with Crippen LogP contribution in [0.5, 0.6) is 0 Å². The van der Waals surface area contributed by atoms with Crippen LogP contribution in [0.3, 0.4) is 0 Å². The molecule has 0 N–H and O–H groups in total. The number of aromatic nitrogens is 2. The van der Waals surface area contributed by atoms with Gasteiger partial charge in [-0.05, 0) is 89.3 Å². The van der Waals surface area contributed by atoms with E-state index < -0.39 is 15.4 Å². The van der Waals surface area contributed by atoms with Crippen LogP contribution in [0.1, 0.15) is 64.6 Å². The van der Waals surface area contributed by atoms with Crippen molar-refractivity contribution in [2.75, 3.05) is 6.26 Å². The van der Waals surface area contributed by atoms with Gasteiger partial charge in [0.25, 0.3) is 0 Å². The molecule has 3 aromatic rings. The number of ether oxygens (including phenoxy) is 1. The Kier molecular flexibility index (Phi) is 6.70. The molecule has 2 atom stereocenters. The lowest BCUT2D eigenvalue weighted by molar-refractivity contribution is -0.00256. The Balaban J connectivity index is 1.45. The number of hydrogen-bond donors (Lipinski definition) is 0. The van der Waals surface area contributed by atoms with E-state index in [0.29, 0.717) is 17.4 Å². The number of piperidine rings is 1. The number of pyridine rings is 1. The Morgan fingerprint density at radius 3 is 2.34 bits per heavy atom. The Hall–Kier alpha value is -2.87. The molecule has 35 heavy (non-hydrogen) atoms. The monoisotopic (exact) mass is 497 g/mol. The first-order valence-corrected chi connectivity index (χ1v) is 14.0. The van der Waals surface area contributed by atoms with Crippen molar-refractivity contribution < 1.29 is 17.9 Å². The smallest absolute Gasteiger partial charge is 0.410 e. The topological polar surface area (TPSA) is 81.5 Å². The van der Waals surface area contributed by atoms with Crippen molar-refractivity contribution in [1.29, 1.82) is 0 Å². The SMILES string of the molecule is C[C@H]1CC(c2ccc(Cn3ccc4cc(S(C)(=O)=O)ccc43)nc2)C[C@H](C)N1C(=O)OC(C)(C)C. The second-order valence-electron chi connectivity index (χ2n) is 10.8. The van der Waals surface area contributed by atoms with Crippen molar-refractivity contribution in [3.63, 3.8) is 0 Å². The van der Waals surface area contributed by atoms with E-state index in [2.05, 4.69) is 30.5 Å². The molecule has 0 saturated carbocycles. The number of benzene rings is 1. The number of sulfone groups is 1. The van der Waals surface area contributed by atoms with Crippen molar-refractivity contribution in [3.8, 4) is 0 Å². The third-order valence-corrected chi connectivity index (χ3v) is 7.74. The molecule has 1 saturated heterocycles. The summed E-state index contributed by atoms with van der Waals surface area (Å²) in [6, 6.07) is 11.5. The highest BCUT2D eigenvalue weighted by Gasteiger charge is 2.36. The molecule has 1 aliphatic rings. The zero-order chi connectivity index (χ0) is 25.5. The van der Waals surface area contributed by atoms with Crippen molar-refractivity contribution in [2.45, 2.75) is 82.5 Å². The number of fused-ring (bicyclic) bond motifs is 1. The molecule has 1 fully saturated rings. The van der Waals surface area contributed by atoms with Crippen LogP contribution < -0.4 is 0 Å². The summed E-state index contributed by atoms with van der Waals surface area (Å²) in [7, 11) is -3.23. The Morgan fingerprint density at radius 1 is 1.09 bits per heavy atom. The number of likely N-dealkylation sites (tertiary alicyclic amines) is 1. The van der Waals surface area contributed by atoms with E-state index in [1.807, 2.05) is 50.2 Å². The van der Waals surface area contributed by atoms with Crippen molar-refractivity contribution in [1.82, 2.24) is 14.5 Å². The summed E-state index contributed by atoms with van der Waals surface area (Å²) in [5, 5.41) is 0.893. The first kappa shape index (κ1) is 25.2. The standard InChI is InChI=1S/C27H35N3O4S/c1-18-13-22(14-19(2)30(18)26(31)34-27(3,4)5)21-7-8-23(28-16-21)17-29-12-11-20-15-24(35(6,32)33)9-10-25(20)29/h7-12,15-16,18-19,22H,13-14,17H2,1-6H3/t18-,19-/m0/s1. The van der Waals surface area contributed by atoms with E-state index in [1.165, 1.54) is 11.8 Å². The molecule has 3 heterocycles. The van der Waals surface area contributed by atoms with Gasteiger partial charge in [0, 0.05) is 41.6 Å². The summed E-state index contributed by atoms with van der Waals surface area (Å²) < 4.78 is 31.4.